The fourth-order valence-corrected chi connectivity index (χ4v) is 3.26. The Labute approximate surface area is 152 Å². The van der Waals surface area contributed by atoms with Gasteiger partial charge in [0, 0.05) is 12.1 Å². The van der Waals surface area contributed by atoms with Gasteiger partial charge in [0.15, 0.2) is 0 Å². The van der Waals surface area contributed by atoms with Crippen molar-refractivity contribution in [3.05, 3.63) is 76.5 Å². The van der Waals surface area contributed by atoms with Crippen LogP contribution in [0.1, 0.15) is 29.8 Å². The molecule has 4 heteroatoms. The van der Waals surface area contributed by atoms with Gasteiger partial charge in [0.05, 0.1) is 6.10 Å². The molecule has 0 spiro atoms. The fraction of sp³-hybridized carbons (Fsp3) is 0.190. The number of carbonyl (C=O) groups excluding carboxylic acids is 1. The van der Waals surface area contributed by atoms with Crippen LogP contribution in [0.5, 0.6) is 5.75 Å². The summed E-state index contributed by atoms with van der Waals surface area (Å²) in [5, 5.41) is 7.18. The summed E-state index contributed by atoms with van der Waals surface area (Å²) in [6, 6.07) is 17.5. The SMILES string of the molecule is CC(C)Oc1ccc(C(=O)NCc2ccccc2-c2ccsc2)cc1. The van der Waals surface area contributed by atoms with Crippen molar-refractivity contribution in [2.24, 2.45) is 0 Å². The quantitative estimate of drug-likeness (QED) is 0.668. The minimum absolute atomic E-state index is 0.0868. The van der Waals surface area contributed by atoms with Crippen LogP contribution in [0, 0.1) is 0 Å². The first kappa shape index (κ1) is 17.2. The molecule has 0 radical (unpaired) electrons. The number of amides is 1. The Hall–Kier alpha value is -2.59. The maximum absolute atomic E-state index is 12.4. The maximum Gasteiger partial charge on any atom is 0.251 e. The first-order chi connectivity index (χ1) is 12.1. The highest BCUT2D eigenvalue weighted by Gasteiger charge is 2.09. The molecule has 1 heterocycles. The highest BCUT2D eigenvalue weighted by atomic mass is 32.1. The highest BCUT2D eigenvalue weighted by Crippen LogP contribution is 2.25. The van der Waals surface area contributed by atoms with E-state index in [9.17, 15) is 4.79 Å². The van der Waals surface area contributed by atoms with Crippen LogP contribution >= 0.6 is 11.3 Å². The maximum atomic E-state index is 12.4. The lowest BCUT2D eigenvalue weighted by Gasteiger charge is -2.11. The number of nitrogens with one attached hydrogen (secondary N) is 1. The smallest absolute Gasteiger partial charge is 0.251 e. The van der Waals surface area contributed by atoms with Gasteiger partial charge >= 0.3 is 0 Å². The van der Waals surface area contributed by atoms with E-state index in [4.69, 9.17) is 4.74 Å². The van der Waals surface area contributed by atoms with Gasteiger partial charge in [-0.25, -0.2) is 0 Å². The van der Waals surface area contributed by atoms with E-state index >= 15 is 0 Å². The molecule has 128 valence electrons. The summed E-state index contributed by atoms with van der Waals surface area (Å²) in [7, 11) is 0. The lowest BCUT2D eigenvalue weighted by atomic mass is 10.0. The lowest BCUT2D eigenvalue weighted by molar-refractivity contribution is 0.0951. The third-order valence-corrected chi connectivity index (χ3v) is 4.46. The normalized spacial score (nSPS) is 10.7. The molecule has 0 saturated carbocycles. The van der Waals surface area contributed by atoms with E-state index in [0.29, 0.717) is 12.1 Å². The summed E-state index contributed by atoms with van der Waals surface area (Å²) in [4.78, 5) is 12.4. The molecule has 1 N–H and O–H groups in total. The van der Waals surface area contributed by atoms with E-state index in [0.717, 1.165) is 16.9 Å². The average Bonchev–Trinajstić information content (AvgIpc) is 3.14. The topological polar surface area (TPSA) is 38.3 Å². The molecule has 3 aromatic rings. The minimum Gasteiger partial charge on any atom is -0.491 e. The Morgan fingerprint density at radius 1 is 1.08 bits per heavy atom. The molecule has 0 fully saturated rings. The summed E-state index contributed by atoms with van der Waals surface area (Å²) in [5.74, 6) is 0.686. The van der Waals surface area contributed by atoms with Crippen molar-refractivity contribution in [3.8, 4) is 16.9 Å². The number of hydrogen-bond donors (Lipinski definition) is 1. The second kappa shape index (κ2) is 7.99. The van der Waals surface area contributed by atoms with Crippen molar-refractivity contribution in [2.75, 3.05) is 0 Å². The van der Waals surface area contributed by atoms with Gasteiger partial charge < -0.3 is 10.1 Å². The Morgan fingerprint density at radius 3 is 2.52 bits per heavy atom. The standard InChI is InChI=1S/C21H21NO2S/c1-15(2)24-19-9-7-16(8-10-19)21(23)22-13-17-5-3-4-6-20(17)18-11-12-25-14-18/h3-12,14-15H,13H2,1-2H3,(H,22,23). The van der Waals surface area contributed by atoms with Crippen molar-refractivity contribution in [3.63, 3.8) is 0 Å². The number of hydrogen-bond acceptors (Lipinski definition) is 3. The monoisotopic (exact) mass is 351 g/mol. The van der Waals surface area contributed by atoms with Crippen LogP contribution in [0.25, 0.3) is 11.1 Å². The molecule has 0 unspecified atom stereocenters. The van der Waals surface area contributed by atoms with E-state index in [1.807, 2.05) is 44.2 Å². The third kappa shape index (κ3) is 4.48. The largest absolute Gasteiger partial charge is 0.491 e. The molecular weight excluding hydrogens is 330 g/mol. The molecule has 0 aliphatic rings. The molecular formula is C21H21NO2S. The Morgan fingerprint density at radius 2 is 1.84 bits per heavy atom. The van der Waals surface area contributed by atoms with E-state index in [1.54, 1.807) is 23.5 Å². The van der Waals surface area contributed by atoms with E-state index in [1.165, 1.54) is 5.56 Å². The summed E-state index contributed by atoms with van der Waals surface area (Å²) >= 11 is 1.67. The Balaban J connectivity index is 1.67. The lowest BCUT2D eigenvalue weighted by Crippen LogP contribution is -2.23. The van der Waals surface area contributed by atoms with Crippen LogP contribution in [0.4, 0.5) is 0 Å². The predicted octanol–water partition coefficient (Wildman–Crippen LogP) is 5.13. The number of benzene rings is 2. The van der Waals surface area contributed by atoms with Crippen molar-refractivity contribution in [1.82, 2.24) is 5.32 Å². The second-order valence-electron chi connectivity index (χ2n) is 6.04. The molecule has 0 aliphatic carbocycles. The van der Waals surface area contributed by atoms with Crippen LogP contribution in [-0.2, 0) is 6.54 Å². The summed E-state index contributed by atoms with van der Waals surface area (Å²) in [5.41, 5.74) is 4.08. The first-order valence-electron chi connectivity index (χ1n) is 8.29. The van der Waals surface area contributed by atoms with Crippen LogP contribution in [0.3, 0.4) is 0 Å². The summed E-state index contributed by atoms with van der Waals surface area (Å²) in [6.07, 6.45) is 0.119. The zero-order valence-corrected chi connectivity index (χ0v) is 15.2. The molecule has 25 heavy (non-hydrogen) atoms. The Kier molecular flexibility index (Phi) is 5.51. The highest BCUT2D eigenvalue weighted by molar-refractivity contribution is 7.08. The van der Waals surface area contributed by atoms with Crippen molar-refractivity contribution in [1.29, 1.82) is 0 Å². The van der Waals surface area contributed by atoms with Gasteiger partial charge in [0.2, 0.25) is 0 Å². The van der Waals surface area contributed by atoms with Gasteiger partial charge in [0.25, 0.3) is 5.91 Å². The summed E-state index contributed by atoms with van der Waals surface area (Å²) < 4.78 is 5.60. The van der Waals surface area contributed by atoms with Gasteiger partial charge in [-0.15, -0.1) is 0 Å². The van der Waals surface area contributed by atoms with Gasteiger partial charge in [-0.1, -0.05) is 24.3 Å². The number of rotatable bonds is 6. The van der Waals surface area contributed by atoms with Crippen LogP contribution < -0.4 is 10.1 Å². The van der Waals surface area contributed by atoms with Crippen molar-refractivity contribution >= 4 is 17.2 Å². The molecule has 0 atom stereocenters. The zero-order chi connectivity index (χ0) is 17.6. The molecule has 3 rings (SSSR count). The molecule has 1 aromatic heterocycles. The van der Waals surface area contributed by atoms with Gasteiger partial charge in [-0.3, -0.25) is 4.79 Å². The van der Waals surface area contributed by atoms with Crippen molar-refractivity contribution in [2.45, 2.75) is 26.5 Å². The van der Waals surface area contributed by atoms with E-state index in [2.05, 4.69) is 28.2 Å². The van der Waals surface area contributed by atoms with Crippen LogP contribution in [0.2, 0.25) is 0 Å². The zero-order valence-electron chi connectivity index (χ0n) is 14.4. The molecule has 0 saturated heterocycles. The van der Waals surface area contributed by atoms with E-state index in [-0.39, 0.29) is 12.0 Å². The van der Waals surface area contributed by atoms with E-state index < -0.39 is 0 Å². The number of thiophene rings is 1. The number of ether oxygens (including phenoxy) is 1. The second-order valence-corrected chi connectivity index (χ2v) is 6.82. The first-order valence-corrected chi connectivity index (χ1v) is 9.23. The minimum atomic E-state index is -0.0868. The third-order valence-electron chi connectivity index (χ3n) is 3.78. The van der Waals surface area contributed by atoms with Gasteiger partial charge in [0.1, 0.15) is 5.75 Å². The average molecular weight is 351 g/mol. The molecule has 0 aliphatic heterocycles. The van der Waals surface area contributed by atoms with Crippen LogP contribution in [0.15, 0.2) is 65.4 Å². The molecule has 3 nitrogen and oxygen atoms in total. The molecule has 1 amide bonds. The molecule has 2 aromatic carbocycles. The van der Waals surface area contributed by atoms with Gasteiger partial charge in [-0.05, 0) is 71.6 Å². The van der Waals surface area contributed by atoms with Crippen molar-refractivity contribution < 1.29 is 9.53 Å². The Bertz CT molecular complexity index is 823. The predicted molar refractivity (Wildman–Crippen MR) is 103 cm³/mol. The van der Waals surface area contributed by atoms with Gasteiger partial charge in [-0.2, -0.15) is 11.3 Å². The fourth-order valence-electron chi connectivity index (χ4n) is 2.61. The summed E-state index contributed by atoms with van der Waals surface area (Å²) in [6.45, 7) is 4.45. The molecule has 0 bridgehead atoms. The number of carbonyl (C=O) groups is 1. The van der Waals surface area contributed by atoms with Crippen LogP contribution in [-0.4, -0.2) is 12.0 Å².